The van der Waals surface area contributed by atoms with Gasteiger partial charge in [-0.15, -0.1) is 11.3 Å². The lowest BCUT2D eigenvalue weighted by Crippen LogP contribution is -2.12. The highest BCUT2D eigenvalue weighted by Gasteiger charge is 2.15. The fourth-order valence-corrected chi connectivity index (χ4v) is 3.12. The van der Waals surface area contributed by atoms with E-state index in [1.54, 1.807) is 25.6 Å². The summed E-state index contributed by atoms with van der Waals surface area (Å²) in [5, 5.41) is 0. The van der Waals surface area contributed by atoms with Crippen molar-refractivity contribution in [2.24, 2.45) is 5.73 Å². The zero-order valence-corrected chi connectivity index (χ0v) is 12.5. The molecule has 0 spiro atoms. The number of hydrogen-bond acceptors (Lipinski definition) is 4. The third-order valence-corrected chi connectivity index (χ3v) is 4.13. The monoisotopic (exact) mass is 277 g/mol. The molecule has 1 aromatic carbocycles. The summed E-state index contributed by atoms with van der Waals surface area (Å²) in [4.78, 5) is 2.53. The van der Waals surface area contributed by atoms with Crippen molar-refractivity contribution in [2.45, 2.75) is 19.9 Å². The van der Waals surface area contributed by atoms with E-state index in [-0.39, 0.29) is 6.04 Å². The number of methoxy groups -OCH3 is 2. The highest BCUT2D eigenvalue weighted by Crippen LogP contribution is 2.32. The fourth-order valence-electron chi connectivity index (χ4n) is 2.15. The molecule has 0 aliphatic carbocycles. The first kappa shape index (κ1) is 13.9. The molecule has 3 nitrogen and oxygen atoms in total. The molecule has 2 aromatic rings. The van der Waals surface area contributed by atoms with E-state index >= 15 is 0 Å². The number of nitrogens with two attached hydrogens (primary N) is 1. The van der Waals surface area contributed by atoms with Gasteiger partial charge in [-0.05, 0) is 43.2 Å². The zero-order chi connectivity index (χ0) is 14.0. The molecule has 0 amide bonds. The maximum Gasteiger partial charge on any atom is 0.122 e. The van der Waals surface area contributed by atoms with Gasteiger partial charge in [-0.25, -0.2) is 0 Å². The van der Waals surface area contributed by atoms with Crippen molar-refractivity contribution in [3.8, 4) is 11.5 Å². The lowest BCUT2D eigenvalue weighted by molar-refractivity contribution is 0.393. The van der Waals surface area contributed by atoms with Gasteiger partial charge in [0, 0.05) is 15.8 Å². The van der Waals surface area contributed by atoms with E-state index in [4.69, 9.17) is 15.2 Å². The maximum absolute atomic E-state index is 6.37. The maximum atomic E-state index is 6.37. The number of hydrogen-bond donors (Lipinski definition) is 1. The Hall–Kier alpha value is -1.52. The van der Waals surface area contributed by atoms with Crippen molar-refractivity contribution < 1.29 is 9.47 Å². The summed E-state index contributed by atoms with van der Waals surface area (Å²) in [6.07, 6.45) is 0. The van der Waals surface area contributed by atoms with Crippen molar-refractivity contribution >= 4 is 11.3 Å². The minimum atomic E-state index is -0.158. The Labute approximate surface area is 118 Å². The quantitative estimate of drug-likeness (QED) is 0.931. The highest BCUT2D eigenvalue weighted by molar-refractivity contribution is 7.12. The molecule has 1 aromatic heterocycles. The first-order valence-electron chi connectivity index (χ1n) is 6.10. The Morgan fingerprint density at radius 1 is 1.00 bits per heavy atom. The summed E-state index contributed by atoms with van der Waals surface area (Å²) in [6.45, 7) is 4.20. The topological polar surface area (TPSA) is 44.5 Å². The molecule has 2 rings (SSSR count). The lowest BCUT2D eigenvalue weighted by atomic mass is 9.99. The van der Waals surface area contributed by atoms with E-state index in [1.807, 2.05) is 18.2 Å². The van der Waals surface area contributed by atoms with Gasteiger partial charge in [-0.3, -0.25) is 0 Å². The Bertz CT molecular complexity index is 555. The Morgan fingerprint density at radius 2 is 1.58 bits per heavy atom. The van der Waals surface area contributed by atoms with Gasteiger partial charge in [0.2, 0.25) is 0 Å². The van der Waals surface area contributed by atoms with Gasteiger partial charge >= 0.3 is 0 Å². The molecule has 1 atom stereocenters. The van der Waals surface area contributed by atoms with Crippen molar-refractivity contribution in [1.29, 1.82) is 0 Å². The van der Waals surface area contributed by atoms with Gasteiger partial charge in [0.05, 0.1) is 20.3 Å². The molecule has 0 radical (unpaired) electrons. The smallest absolute Gasteiger partial charge is 0.122 e. The van der Waals surface area contributed by atoms with Crippen LogP contribution in [0.5, 0.6) is 11.5 Å². The summed E-state index contributed by atoms with van der Waals surface area (Å²) in [5.74, 6) is 1.52. The number of thiophene rings is 1. The molecule has 0 saturated carbocycles. The predicted molar refractivity (Wildman–Crippen MR) is 79.4 cm³/mol. The second kappa shape index (κ2) is 5.63. The second-order valence-corrected chi connectivity index (χ2v) is 5.95. The summed E-state index contributed by atoms with van der Waals surface area (Å²) in [5.41, 5.74) is 8.54. The van der Waals surface area contributed by atoms with Crippen LogP contribution in [-0.4, -0.2) is 14.2 Å². The van der Waals surface area contributed by atoms with Gasteiger partial charge in [0.25, 0.3) is 0 Å². The lowest BCUT2D eigenvalue weighted by Gasteiger charge is -2.15. The third kappa shape index (κ3) is 2.91. The average molecular weight is 277 g/mol. The molecule has 0 aliphatic rings. The molecular weight excluding hydrogens is 258 g/mol. The molecular formula is C15H19NO2S. The zero-order valence-electron chi connectivity index (χ0n) is 11.7. The Kier molecular flexibility index (Phi) is 4.12. The van der Waals surface area contributed by atoms with Crippen LogP contribution < -0.4 is 15.2 Å². The van der Waals surface area contributed by atoms with Crippen LogP contribution >= 0.6 is 11.3 Å². The summed E-state index contributed by atoms with van der Waals surface area (Å²) in [6, 6.07) is 7.76. The Morgan fingerprint density at radius 3 is 2.00 bits per heavy atom. The molecule has 0 fully saturated rings. The minimum absolute atomic E-state index is 0.158. The van der Waals surface area contributed by atoms with Crippen LogP contribution in [0.4, 0.5) is 0 Å². The first-order chi connectivity index (χ1) is 9.05. The van der Waals surface area contributed by atoms with Crippen LogP contribution in [0.15, 0.2) is 24.3 Å². The number of rotatable bonds is 4. The van der Waals surface area contributed by atoms with E-state index in [2.05, 4.69) is 19.9 Å². The van der Waals surface area contributed by atoms with Gasteiger partial charge in [-0.1, -0.05) is 0 Å². The van der Waals surface area contributed by atoms with Gasteiger partial charge < -0.3 is 15.2 Å². The molecule has 1 unspecified atom stereocenters. The van der Waals surface area contributed by atoms with Crippen LogP contribution in [0.1, 0.15) is 26.9 Å². The van der Waals surface area contributed by atoms with Crippen LogP contribution in [-0.2, 0) is 0 Å². The number of ether oxygens (including phenoxy) is 2. The molecule has 0 aliphatic heterocycles. The summed E-state index contributed by atoms with van der Waals surface area (Å²) < 4.78 is 10.6. The highest BCUT2D eigenvalue weighted by atomic mass is 32.1. The van der Waals surface area contributed by atoms with Crippen molar-refractivity contribution in [1.82, 2.24) is 0 Å². The summed E-state index contributed by atoms with van der Waals surface area (Å²) >= 11 is 1.77. The van der Waals surface area contributed by atoms with Crippen molar-refractivity contribution in [3.63, 3.8) is 0 Å². The van der Waals surface area contributed by atoms with Gasteiger partial charge in [0.15, 0.2) is 0 Å². The van der Waals surface area contributed by atoms with Crippen LogP contribution in [0.2, 0.25) is 0 Å². The molecule has 19 heavy (non-hydrogen) atoms. The van der Waals surface area contributed by atoms with E-state index in [0.29, 0.717) is 0 Å². The Balaban J connectivity index is 2.43. The minimum Gasteiger partial charge on any atom is -0.497 e. The van der Waals surface area contributed by atoms with Gasteiger partial charge in [0.1, 0.15) is 11.5 Å². The average Bonchev–Trinajstić information content (AvgIpc) is 2.76. The third-order valence-electron chi connectivity index (χ3n) is 3.15. The molecule has 0 bridgehead atoms. The van der Waals surface area contributed by atoms with Crippen molar-refractivity contribution in [3.05, 3.63) is 45.1 Å². The van der Waals surface area contributed by atoms with E-state index in [9.17, 15) is 0 Å². The van der Waals surface area contributed by atoms with E-state index in [1.165, 1.54) is 9.75 Å². The van der Waals surface area contributed by atoms with Crippen LogP contribution in [0.25, 0.3) is 0 Å². The van der Waals surface area contributed by atoms with Gasteiger partial charge in [-0.2, -0.15) is 0 Å². The predicted octanol–water partition coefficient (Wildman–Crippen LogP) is 3.43. The molecule has 1 heterocycles. The van der Waals surface area contributed by atoms with E-state index in [0.717, 1.165) is 22.6 Å². The standard InChI is InChI=1S/C15H19NO2S/c1-9-5-14(10(2)19-9)15(16)11-6-12(17-3)8-13(7-11)18-4/h5-8,15H,16H2,1-4H3. The molecule has 0 saturated heterocycles. The van der Waals surface area contributed by atoms with E-state index < -0.39 is 0 Å². The number of benzene rings is 1. The molecule has 102 valence electrons. The molecule has 2 N–H and O–H groups in total. The normalized spacial score (nSPS) is 12.3. The fraction of sp³-hybridized carbons (Fsp3) is 0.333. The number of aryl methyl sites for hydroxylation is 2. The summed E-state index contributed by atoms with van der Waals surface area (Å²) in [7, 11) is 3.29. The largest absolute Gasteiger partial charge is 0.497 e. The van der Waals surface area contributed by atoms with Crippen LogP contribution in [0, 0.1) is 13.8 Å². The molecule has 4 heteroatoms. The van der Waals surface area contributed by atoms with Crippen molar-refractivity contribution in [2.75, 3.05) is 14.2 Å². The first-order valence-corrected chi connectivity index (χ1v) is 6.92. The SMILES string of the molecule is COc1cc(OC)cc(C(N)c2cc(C)sc2C)c1. The second-order valence-electron chi connectivity index (χ2n) is 4.49. The van der Waals surface area contributed by atoms with Crippen LogP contribution in [0.3, 0.4) is 0 Å².